The van der Waals surface area contributed by atoms with Gasteiger partial charge in [0, 0.05) is 18.7 Å². The van der Waals surface area contributed by atoms with E-state index in [0.29, 0.717) is 5.56 Å². The van der Waals surface area contributed by atoms with Gasteiger partial charge in [0.05, 0.1) is 23.1 Å². The molecule has 0 aliphatic carbocycles. The molecule has 0 spiro atoms. The van der Waals surface area contributed by atoms with Crippen LogP contribution in [0.15, 0.2) is 35.6 Å². The molecule has 116 valence electrons. The highest BCUT2D eigenvalue weighted by Crippen LogP contribution is 2.37. The number of carbonyl (C=O) groups is 2. The van der Waals surface area contributed by atoms with Gasteiger partial charge < -0.3 is 15.1 Å². The van der Waals surface area contributed by atoms with Crippen molar-refractivity contribution in [2.24, 2.45) is 0 Å². The van der Waals surface area contributed by atoms with Crippen LogP contribution < -0.4 is 0 Å². The SMILES string of the molecule is CC(=O)C1=C(O)C(=O)N(CCO)C1c1ccc([N+](=O)[O-])cc1. The van der Waals surface area contributed by atoms with Crippen molar-refractivity contribution in [1.29, 1.82) is 0 Å². The number of carbonyl (C=O) groups excluding carboxylic acids is 2. The molecule has 1 aliphatic rings. The number of nitro benzene ring substituents is 1. The van der Waals surface area contributed by atoms with E-state index in [0.717, 1.165) is 4.90 Å². The lowest BCUT2D eigenvalue weighted by Crippen LogP contribution is -2.33. The molecule has 0 bridgehead atoms. The number of hydrogen-bond acceptors (Lipinski definition) is 6. The average molecular weight is 306 g/mol. The van der Waals surface area contributed by atoms with Gasteiger partial charge in [-0.15, -0.1) is 0 Å². The first kappa shape index (κ1) is 15.6. The number of ketones is 1. The Balaban J connectivity index is 2.49. The van der Waals surface area contributed by atoms with Crippen molar-refractivity contribution in [2.75, 3.05) is 13.2 Å². The number of nitrogens with zero attached hydrogens (tertiary/aromatic N) is 2. The molecule has 0 radical (unpaired) electrons. The highest BCUT2D eigenvalue weighted by Gasteiger charge is 2.42. The van der Waals surface area contributed by atoms with E-state index in [1.54, 1.807) is 0 Å². The highest BCUT2D eigenvalue weighted by atomic mass is 16.6. The second-order valence-corrected chi connectivity index (χ2v) is 4.79. The summed E-state index contributed by atoms with van der Waals surface area (Å²) >= 11 is 0. The van der Waals surface area contributed by atoms with Crippen LogP contribution in [0.2, 0.25) is 0 Å². The maximum atomic E-state index is 12.0. The monoisotopic (exact) mass is 306 g/mol. The predicted molar refractivity (Wildman–Crippen MR) is 75.0 cm³/mol. The third kappa shape index (κ3) is 2.56. The maximum Gasteiger partial charge on any atom is 0.290 e. The van der Waals surface area contributed by atoms with Crippen LogP contribution in [0.4, 0.5) is 5.69 Å². The Morgan fingerprint density at radius 1 is 1.36 bits per heavy atom. The number of aliphatic hydroxyl groups excluding tert-OH is 2. The zero-order chi connectivity index (χ0) is 16.4. The number of rotatable bonds is 5. The Bertz CT molecular complexity index is 664. The topological polar surface area (TPSA) is 121 Å². The number of aliphatic hydroxyl groups is 2. The summed E-state index contributed by atoms with van der Waals surface area (Å²) in [5, 5.41) is 29.6. The Morgan fingerprint density at radius 3 is 2.41 bits per heavy atom. The molecule has 1 heterocycles. The molecule has 2 N–H and O–H groups in total. The molecule has 1 aromatic carbocycles. The fraction of sp³-hybridized carbons (Fsp3) is 0.286. The minimum atomic E-state index is -0.863. The van der Waals surface area contributed by atoms with Crippen LogP contribution in [-0.4, -0.2) is 44.9 Å². The van der Waals surface area contributed by atoms with Gasteiger partial charge in [-0.3, -0.25) is 19.7 Å². The first-order valence-corrected chi connectivity index (χ1v) is 6.48. The van der Waals surface area contributed by atoms with Gasteiger partial charge in [0.1, 0.15) is 0 Å². The van der Waals surface area contributed by atoms with Gasteiger partial charge in [-0.1, -0.05) is 0 Å². The summed E-state index contributed by atoms with van der Waals surface area (Å²) in [4.78, 5) is 35.0. The first-order valence-electron chi connectivity index (χ1n) is 6.48. The second kappa shape index (κ2) is 5.94. The average Bonchev–Trinajstić information content (AvgIpc) is 2.72. The second-order valence-electron chi connectivity index (χ2n) is 4.79. The van der Waals surface area contributed by atoms with Crippen molar-refractivity contribution in [1.82, 2.24) is 4.90 Å². The molecule has 0 fully saturated rings. The first-order chi connectivity index (χ1) is 10.4. The number of benzene rings is 1. The molecular weight excluding hydrogens is 292 g/mol. The quantitative estimate of drug-likeness (QED) is 0.615. The fourth-order valence-electron chi connectivity index (χ4n) is 2.48. The number of non-ortho nitro benzene ring substituents is 1. The largest absolute Gasteiger partial charge is 0.503 e. The Morgan fingerprint density at radius 2 is 1.95 bits per heavy atom. The summed E-state index contributed by atoms with van der Waals surface area (Å²) in [7, 11) is 0. The van der Waals surface area contributed by atoms with E-state index in [2.05, 4.69) is 0 Å². The van der Waals surface area contributed by atoms with Crippen molar-refractivity contribution in [3.8, 4) is 0 Å². The Kier molecular flexibility index (Phi) is 4.22. The number of hydrogen-bond donors (Lipinski definition) is 2. The van der Waals surface area contributed by atoms with Crippen molar-refractivity contribution in [3.63, 3.8) is 0 Å². The van der Waals surface area contributed by atoms with Crippen molar-refractivity contribution in [2.45, 2.75) is 13.0 Å². The van der Waals surface area contributed by atoms with Crippen LogP contribution in [0.25, 0.3) is 0 Å². The van der Waals surface area contributed by atoms with Crippen LogP contribution in [0.5, 0.6) is 0 Å². The highest BCUT2D eigenvalue weighted by molar-refractivity contribution is 6.08. The van der Waals surface area contributed by atoms with Crippen LogP contribution in [0.1, 0.15) is 18.5 Å². The van der Waals surface area contributed by atoms with Gasteiger partial charge in [-0.05, 0) is 24.6 Å². The fourth-order valence-corrected chi connectivity index (χ4v) is 2.48. The summed E-state index contributed by atoms with van der Waals surface area (Å²) in [5.41, 5.74) is 0.244. The standard InChI is InChI=1S/C14H14N2O6/c1-8(18)11-12(15(6-7-17)14(20)13(11)19)9-2-4-10(5-3-9)16(21)22/h2-5,12,17,19H,6-7H2,1H3. The summed E-state index contributed by atoms with van der Waals surface area (Å²) in [6.45, 7) is 0.814. The van der Waals surface area contributed by atoms with Crippen LogP contribution in [-0.2, 0) is 9.59 Å². The lowest BCUT2D eigenvalue weighted by atomic mass is 9.96. The normalized spacial score (nSPS) is 18.0. The van der Waals surface area contributed by atoms with Gasteiger partial charge in [-0.25, -0.2) is 0 Å². The lowest BCUT2D eigenvalue weighted by Gasteiger charge is -2.25. The lowest BCUT2D eigenvalue weighted by molar-refractivity contribution is -0.384. The molecule has 0 saturated carbocycles. The van der Waals surface area contributed by atoms with Crippen LogP contribution in [0, 0.1) is 10.1 Å². The molecule has 1 aliphatic heterocycles. The van der Waals surface area contributed by atoms with Crippen molar-refractivity contribution >= 4 is 17.4 Å². The molecule has 0 aromatic heterocycles. The number of nitro groups is 1. The third-order valence-electron chi connectivity index (χ3n) is 3.44. The maximum absolute atomic E-state index is 12.0. The van der Waals surface area contributed by atoms with E-state index in [-0.39, 0.29) is 24.4 Å². The summed E-state index contributed by atoms with van der Waals surface area (Å²) < 4.78 is 0. The van der Waals surface area contributed by atoms with Gasteiger partial charge in [0.15, 0.2) is 11.5 Å². The minimum absolute atomic E-state index is 0.0681. The van der Waals surface area contributed by atoms with E-state index in [1.165, 1.54) is 31.2 Å². The van der Waals surface area contributed by atoms with Gasteiger partial charge in [-0.2, -0.15) is 0 Å². The van der Waals surface area contributed by atoms with E-state index < -0.39 is 28.4 Å². The van der Waals surface area contributed by atoms with Gasteiger partial charge in [0.25, 0.3) is 11.6 Å². The molecule has 1 atom stereocenters. The molecule has 22 heavy (non-hydrogen) atoms. The minimum Gasteiger partial charge on any atom is -0.503 e. The third-order valence-corrected chi connectivity index (χ3v) is 3.44. The molecule has 8 heteroatoms. The summed E-state index contributed by atoms with van der Waals surface area (Å²) in [5.74, 6) is -1.87. The molecule has 0 saturated heterocycles. The Hall–Kier alpha value is -2.74. The van der Waals surface area contributed by atoms with Crippen molar-refractivity contribution < 1.29 is 24.7 Å². The molecule has 1 amide bonds. The molecule has 1 unspecified atom stereocenters. The number of amides is 1. The van der Waals surface area contributed by atoms with E-state index >= 15 is 0 Å². The van der Waals surface area contributed by atoms with E-state index in [1.807, 2.05) is 0 Å². The summed E-state index contributed by atoms with van der Waals surface area (Å²) in [6, 6.07) is 4.48. The molecule has 1 aromatic rings. The predicted octanol–water partition coefficient (Wildman–Crippen LogP) is 0.871. The Labute approximate surface area is 125 Å². The molecule has 2 rings (SSSR count). The number of Topliss-reactive ketones (excluding diaryl/α,β-unsaturated/α-hetero) is 1. The zero-order valence-corrected chi connectivity index (χ0v) is 11.7. The zero-order valence-electron chi connectivity index (χ0n) is 11.7. The van der Waals surface area contributed by atoms with Crippen molar-refractivity contribution in [3.05, 3.63) is 51.3 Å². The van der Waals surface area contributed by atoms with E-state index in [4.69, 9.17) is 5.11 Å². The van der Waals surface area contributed by atoms with Crippen LogP contribution >= 0.6 is 0 Å². The van der Waals surface area contributed by atoms with Gasteiger partial charge >= 0.3 is 0 Å². The number of β-amino-alcohol motifs (C(OH)–C–C–N with tert-alkyl or cyclic N) is 1. The smallest absolute Gasteiger partial charge is 0.290 e. The molecule has 8 nitrogen and oxygen atoms in total. The molecular formula is C14H14N2O6. The van der Waals surface area contributed by atoms with Crippen LogP contribution in [0.3, 0.4) is 0 Å². The van der Waals surface area contributed by atoms with Gasteiger partial charge in [0.2, 0.25) is 0 Å². The van der Waals surface area contributed by atoms with E-state index in [9.17, 15) is 24.8 Å². The summed E-state index contributed by atoms with van der Waals surface area (Å²) in [6.07, 6.45) is 0.